The molecule has 5 aromatic rings. The summed E-state index contributed by atoms with van der Waals surface area (Å²) in [6.07, 6.45) is 3.36. The van der Waals surface area contributed by atoms with Gasteiger partial charge in [0.25, 0.3) is 0 Å². The molecule has 0 spiro atoms. The fraction of sp³-hybridized carbons (Fsp3) is 0.0400. The number of nitrogens with zero attached hydrogens (tertiary/aromatic N) is 5. The highest BCUT2D eigenvalue weighted by Crippen LogP contribution is 2.35. The SMILES string of the molecule is N#Cc1cnc2c(Br)cc(NCc3cn(-c4ccccc4)nn3)cc2c1Nc1ccc(F)c(Cl)c1. The summed E-state index contributed by atoms with van der Waals surface area (Å²) in [5, 5.41) is 25.3. The number of rotatable bonds is 6. The molecule has 35 heavy (non-hydrogen) atoms. The van der Waals surface area contributed by atoms with Gasteiger partial charge in [-0.05, 0) is 58.4 Å². The lowest BCUT2D eigenvalue weighted by molar-refractivity contribution is 0.628. The Kier molecular flexibility index (Phi) is 6.31. The first-order chi connectivity index (χ1) is 17.0. The molecule has 2 heterocycles. The minimum Gasteiger partial charge on any atom is -0.379 e. The van der Waals surface area contributed by atoms with Gasteiger partial charge in [0.1, 0.15) is 17.6 Å². The molecule has 3 aromatic carbocycles. The summed E-state index contributed by atoms with van der Waals surface area (Å²) in [6.45, 7) is 0.437. The van der Waals surface area contributed by atoms with Gasteiger partial charge in [0.15, 0.2) is 0 Å². The highest BCUT2D eigenvalue weighted by molar-refractivity contribution is 9.10. The molecule has 0 saturated heterocycles. The highest BCUT2D eigenvalue weighted by atomic mass is 79.9. The predicted octanol–water partition coefficient (Wildman–Crippen LogP) is 6.60. The van der Waals surface area contributed by atoms with Crippen LogP contribution in [0.5, 0.6) is 0 Å². The summed E-state index contributed by atoms with van der Waals surface area (Å²) < 4.78 is 16.1. The van der Waals surface area contributed by atoms with E-state index < -0.39 is 5.82 Å². The lowest BCUT2D eigenvalue weighted by Gasteiger charge is -2.14. The van der Waals surface area contributed by atoms with E-state index in [1.165, 1.54) is 18.3 Å². The van der Waals surface area contributed by atoms with E-state index in [4.69, 9.17) is 11.6 Å². The van der Waals surface area contributed by atoms with Crippen molar-refractivity contribution in [3.8, 4) is 11.8 Å². The third-order valence-corrected chi connectivity index (χ3v) is 6.16. The van der Waals surface area contributed by atoms with Gasteiger partial charge in [0.2, 0.25) is 0 Å². The van der Waals surface area contributed by atoms with Crippen LogP contribution in [0, 0.1) is 17.1 Å². The van der Waals surface area contributed by atoms with E-state index in [1.54, 1.807) is 10.7 Å². The lowest BCUT2D eigenvalue weighted by atomic mass is 10.1. The van der Waals surface area contributed by atoms with Crippen LogP contribution < -0.4 is 10.6 Å². The molecule has 0 atom stereocenters. The maximum atomic E-state index is 13.6. The van der Waals surface area contributed by atoms with E-state index in [2.05, 4.69) is 47.9 Å². The number of halogens is 3. The second-order valence-electron chi connectivity index (χ2n) is 7.61. The van der Waals surface area contributed by atoms with Crippen molar-refractivity contribution in [3.05, 3.63) is 99.6 Å². The first-order valence-electron chi connectivity index (χ1n) is 10.5. The minimum atomic E-state index is -0.518. The fourth-order valence-corrected chi connectivity index (χ4v) is 4.32. The second kappa shape index (κ2) is 9.70. The van der Waals surface area contributed by atoms with Crippen molar-refractivity contribution in [1.82, 2.24) is 20.0 Å². The highest BCUT2D eigenvalue weighted by Gasteiger charge is 2.14. The van der Waals surface area contributed by atoms with Crippen LogP contribution in [0.2, 0.25) is 5.02 Å². The number of pyridine rings is 1. The standard InChI is InChI=1S/C25H16BrClFN7/c26-21-9-17(30-13-18-14-35(34-33-18)19-4-2-1-3-5-19)8-20-24(15(11-29)12-31-25(20)21)32-16-6-7-23(28)22(27)10-16/h1-10,12,14,30H,13H2,(H,31,32). The van der Waals surface area contributed by atoms with Gasteiger partial charge in [-0.3, -0.25) is 4.98 Å². The smallest absolute Gasteiger partial charge is 0.141 e. The number of para-hydroxylation sites is 1. The quantitative estimate of drug-likeness (QED) is 0.248. The molecule has 10 heteroatoms. The van der Waals surface area contributed by atoms with Gasteiger partial charge in [-0.15, -0.1) is 5.10 Å². The number of anilines is 3. The number of nitrogens with one attached hydrogen (secondary N) is 2. The number of hydrogen-bond donors (Lipinski definition) is 2. The van der Waals surface area contributed by atoms with Gasteiger partial charge in [0.05, 0.1) is 40.2 Å². The van der Waals surface area contributed by atoms with Gasteiger partial charge in [-0.1, -0.05) is 35.0 Å². The van der Waals surface area contributed by atoms with Gasteiger partial charge in [-0.2, -0.15) is 5.26 Å². The van der Waals surface area contributed by atoms with Crippen LogP contribution in [-0.2, 0) is 6.54 Å². The molecule has 5 rings (SSSR count). The molecule has 0 aliphatic rings. The molecule has 0 aliphatic heterocycles. The van der Waals surface area contributed by atoms with Crippen LogP contribution in [0.3, 0.4) is 0 Å². The molecule has 2 N–H and O–H groups in total. The first-order valence-corrected chi connectivity index (χ1v) is 11.6. The van der Waals surface area contributed by atoms with Gasteiger partial charge in [-0.25, -0.2) is 9.07 Å². The fourth-order valence-electron chi connectivity index (χ4n) is 3.58. The van der Waals surface area contributed by atoms with E-state index in [1.807, 2.05) is 48.7 Å². The Balaban J connectivity index is 1.46. The van der Waals surface area contributed by atoms with Gasteiger partial charge < -0.3 is 10.6 Å². The van der Waals surface area contributed by atoms with Crippen molar-refractivity contribution in [1.29, 1.82) is 5.26 Å². The Bertz CT molecular complexity index is 1580. The molecule has 0 bridgehead atoms. The largest absolute Gasteiger partial charge is 0.379 e. The van der Waals surface area contributed by atoms with Crippen molar-refractivity contribution in [2.24, 2.45) is 0 Å². The summed E-state index contributed by atoms with van der Waals surface area (Å²) in [5.74, 6) is -0.518. The third kappa shape index (κ3) is 4.80. The number of aromatic nitrogens is 4. The lowest BCUT2D eigenvalue weighted by Crippen LogP contribution is -2.02. The Morgan fingerprint density at radius 2 is 1.91 bits per heavy atom. The van der Waals surface area contributed by atoms with Gasteiger partial charge in [0, 0.05) is 27.4 Å². The van der Waals surface area contributed by atoms with E-state index in [0.717, 1.165) is 21.5 Å². The van der Waals surface area contributed by atoms with Crippen LogP contribution >= 0.6 is 27.5 Å². The maximum absolute atomic E-state index is 13.6. The van der Waals surface area contributed by atoms with Crippen LogP contribution in [0.4, 0.5) is 21.5 Å². The monoisotopic (exact) mass is 547 g/mol. The molecule has 0 unspecified atom stereocenters. The number of hydrogen-bond acceptors (Lipinski definition) is 6. The average molecular weight is 549 g/mol. The van der Waals surface area contributed by atoms with Crippen LogP contribution in [0.1, 0.15) is 11.3 Å². The average Bonchev–Trinajstić information content (AvgIpc) is 3.35. The molecule has 172 valence electrons. The van der Waals surface area contributed by atoms with Crippen molar-refractivity contribution in [3.63, 3.8) is 0 Å². The zero-order chi connectivity index (χ0) is 24.4. The van der Waals surface area contributed by atoms with E-state index in [-0.39, 0.29) is 5.02 Å². The molecular weight excluding hydrogens is 533 g/mol. The molecular formula is C25H16BrClFN7. The predicted molar refractivity (Wildman–Crippen MR) is 138 cm³/mol. The minimum absolute atomic E-state index is 0.0149. The van der Waals surface area contributed by atoms with Crippen LogP contribution in [0.25, 0.3) is 16.6 Å². The molecule has 0 fully saturated rings. The number of benzene rings is 3. The Hall–Kier alpha value is -4.00. The Morgan fingerprint density at radius 3 is 2.69 bits per heavy atom. The molecule has 0 aliphatic carbocycles. The molecule has 0 radical (unpaired) electrons. The van der Waals surface area contributed by atoms with Gasteiger partial charge >= 0.3 is 0 Å². The van der Waals surface area contributed by atoms with E-state index in [9.17, 15) is 9.65 Å². The zero-order valence-electron chi connectivity index (χ0n) is 18.0. The Labute approximate surface area is 213 Å². The second-order valence-corrected chi connectivity index (χ2v) is 8.87. The molecule has 7 nitrogen and oxygen atoms in total. The summed E-state index contributed by atoms with van der Waals surface area (Å²) in [7, 11) is 0. The number of fused-ring (bicyclic) bond motifs is 1. The number of nitriles is 1. The van der Waals surface area contributed by atoms with Crippen LogP contribution in [-0.4, -0.2) is 20.0 Å². The van der Waals surface area contributed by atoms with Crippen molar-refractivity contribution in [2.45, 2.75) is 6.54 Å². The summed E-state index contributed by atoms with van der Waals surface area (Å²) in [6, 6.07) is 20.0. The van der Waals surface area contributed by atoms with E-state index >= 15 is 0 Å². The topological polar surface area (TPSA) is 91.5 Å². The summed E-state index contributed by atoms with van der Waals surface area (Å²) in [4.78, 5) is 4.43. The Morgan fingerprint density at radius 1 is 1.09 bits per heavy atom. The molecule has 2 aromatic heterocycles. The third-order valence-electron chi connectivity index (χ3n) is 5.27. The summed E-state index contributed by atoms with van der Waals surface area (Å²) in [5.41, 5.74) is 4.57. The zero-order valence-corrected chi connectivity index (χ0v) is 20.3. The van der Waals surface area contributed by atoms with Crippen molar-refractivity contribution < 1.29 is 4.39 Å². The normalized spacial score (nSPS) is 10.8. The van der Waals surface area contributed by atoms with Crippen molar-refractivity contribution >= 4 is 55.5 Å². The first kappa shape index (κ1) is 22.8. The van der Waals surface area contributed by atoms with Crippen molar-refractivity contribution in [2.75, 3.05) is 10.6 Å². The molecule has 0 saturated carbocycles. The van der Waals surface area contributed by atoms with Crippen LogP contribution in [0.15, 0.2) is 77.5 Å². The maximum Gasteiger partial charge on any atom is 0.141 e. The molecule has 0 amide bonds. The van der Waals surface area contributed by atoms with E-state index in [0.29, 0.717) is 34.4 Å². The summed E-state index contributed by atoms with van der Waals surface area (Å²) >= 11 is 9.52.